The molecule has 1 fully saturated rings. The number of hydrogen-bond acceptors (Lipinski definition) is 5. The van der Waals surface area contributed by atoms with Crippen LogP contribution < -0.4 is 0 Å². The molecule has 0 aromatic carbocycles. The Morgan fingerprint density at radius 3 is 2.14 bits per heavy atom. The van der Waals surface area contributed by atoms with Crippen molar-refractivity contribution in [1.29, 1.82) is 21.0 Å². The van der Waals surface area contributed by atoms with E-state index in [1.54, 1.807) is 19.9 Å². The molecule has 6 heteroatoms. The molecule has 6 nitrogen and oxygen atoms in total. The van der Waals surface area contributed by atoms with Gasteiger partial charge in [0, 0.05) is 19.4 Å². The Balaban J connectivity index is 3.03. The second-order valence-corrected chi connectivity index (χ2v) is 5.75. The molecule has 104 valence electrons. The molecule has 0 saturated carbocycles. The van der Waals surface area contributed by atoms with Crippen LogP contribution in [0.5, 0.6) is 0 Å². The molecule has 0 spiro atoms. The first-order valence-corrected chi connectivity index (χ1v) is 6.41. The minimum Gasteiger partial charge on any atom is -0.334 e. The molecule has 21 heavy (non-hydrogen) atoms. The lowest BCUT2D eigenvalue weighted by Gasteiger charge is -2.50. The summed E-state index contributed by atoms with van der Waals surface area (Å²) in [6, 6.07) is 7.60. The van der Waals surface area contributed by atoms with E-state index in [2.05, 4.69) is 0 Å². The molecular formula is C15H13N5O. The van der Waals surface area contributed by atoms with Crippen molar-refractivity contribution in [2.75, 3.05) is 7.05 Å². The Labute approximate surface area is 123 Å². The predicted molar refractivity (Wildman–Crippen MR) is 70.4 cm³/mol. The summed E-state index contributed by atoms with van der Waals surface area (Å²) in [4.78, 5) is 13.6. The van der Waals surface area contributed by atoms with Crippen molar-refractivity contribution in [2.45, 2.75) is 25.8 Å². The monoisotopic (exact) mass is 279 g/mol. The van der Waals surface area contributed by atoms with E-state index in [9.17, 15) is 25.8 Å². The SMILES string of the molecule is CC1=C[C@]2(C)N(C)C(=O)C[C@H]1C(C#N)(C#N)C2(C#N)C#N. The highest BCUT2D eigenvalue weighted by Crippen LogP contribution is 2.61. The van der Waals surface area contributed by atoms with E-state index >= 15 is 0 Å². The zero-order chi connectivity index (χ0) is 16.1. The minimum atomic E-state index is -1.94. The van der Waals surface area contributed by atoms with Gasteiger partial charge in [-0.3, -0.25) is 4.79 Å². The summed E-state index contributed by atoms with van der Waals surface area (Å²) in [7, 11) is 1.50. The number of amides is 1. The van der Waals surface area contributed by atoms with E-state index < -0.39 is 22.3 Å². The van der Waals surface area contributed by atoms with Crippen molar-refractivity contribution in [2.24, 2.45) is 16.7 Å². The van der Waals surface area contributed by atoms with Gasteiger partial charge >= 0.3 is 0 Å². The van der Waals surface area contributed by atoms with Crippen molar-refractivity contribution in [1.82, 2.24) is 4.90 Å². The molecule has 1 aliphatic carbocycles. The van der Waals surface area contributed by atoms with E-state index in [-0.39, 0.29) is 12.3 Å². The number of hydrogen-bond donors (Lipinski definition) is 0. The fraction of sp³-hybridized carbons (Fsp3) is 0.533. The Kier molecular flexibility index (Phi) is 2.83. The molecule has 2 aliphatic heterocycles. The summed E-state index contributed by atoms with van der Waals surface area (Å²) < 4.78 is 0. The first kappa shape index (κ1) is 14.6. The zero-order valence-electron chi connectivity index (χ0n) is 12.0. The van der Waals surface area contributed by atoms with E-state index in [1.807, 2.05) is 24.3 Å². The summed E-state index contributed by atoms with van der Waals surface area (Å²) >= 11 is 0. The van der Waals surface area contributed by atoms with Crippen LogP contribution in [0.4, 0.5) is 0 Å². The smallest absolute Gasteiger partial charge is 0.223 e. The number of carbonyl (C=O) groups excluding carboxylic acids is 1. The highest BCUT2D eigenvalue weighted by molar-refractivity contribution is 5.81. The second-order valence-electron chi connectivity index (χ2n) is 5.75. The maximum Gasteiger partial charge on any atom is 0.223 e. The third-order valence-corrected chi connectivity index (χ3v) is 5.07. The molecule has 3 aliphatic rings. The van der Waals surface area contributed by atoms with Gasteiger partial charge < -0.3 is 4.90 Å². The standard InChI is InChI=1S/C15H13N5O/c1-10-5-13(2)15(8-18,9-19)14(6-16,7-17)11(10)4-12(21)20(13)3/h5,11H,4H2,1-3H3/t11-,13+/m1/s1. The quantitative estimate of drug-likeness (QED) is 0.619. The molecule has 0 aromatic heterocycles. The van der Waals surface area contributed by atoms with Crippen molar-refractivity contribution in [3.8, 4) is 24.3 Å². The van der Waals surface area contributed by atoms with Gasteiger partial charge in [-0.05, 0) is 13.8 Å². The van der Waals surface area contributed by atoms with Gasteiger partial charge in [0.05, 0.1) is 29.8 Å². The van der Waals surface area contributed by atoms with Crippen LogP contribution >= 0.6 is 0 Å². The second kappa shape index (κ2) is 4.08. The average molecular weight is 279 g/mol. The van der Waals surface area contributed by atoms with Gasteiger partial charge in [-0.1, -0.05) is 11.6 Å². The Morgan fingerprint density at radius 1 is 1.19 bits per heavy atom. The average Bonchev–Trinajstić information content (AvgIpc) is 2.59. The molecule has 0 unspecified atom stereocenters. The molecule has 2 bridgehead atoms. The fourth-order valence-corrected chi connectivity index (χ4v) is 3.66. The van der Waals surface area contributed by atoms with Crippen LogP contribution in [0.25, 0.3) is 0 Å². The molecule has 0 aromatic rings. The van der Waals surface area contributed by atoms with Gasteiger partial charge in [-0.15, -0.1) is 0 Å². The molecule has 2 atom stereocenters. The number of carbonyl (C=O) groups is 1. The number of allylic oxidation sites excluding steroid dienone is 1. The molecule has 2 heterocycles. The fourth-order valence-electron chi connectivity index (χ4n) is 3.66. The largest absolute Gasteiger partial charge is 0.334 e. The van der Waals surface area contributed by atoms with Gasteiger partial charge in [-0.2, -0.15) is 21.0 Å². The van der Waals surface area contributed by atoms with Gasteiger partial charge in [0.15, 0.2) is 5.41 Å². The molecule has 1 amide bonds. The third kappa shape index (κ3) is 1.25. The molecular weight excluding hydrogens is 266 g/mol. The van der Waals surface area contributed by atoms with Crippen LogP contribution in [0.2, 0.25) is 0 Å². The summed E-state index contributed by atoms with van der Waals surface area (Å²) in [6.07, 6.45) is 1.63. The molecule has 0 N–H and O–H groups in total. The van der Waals surface area contributed by atoms with Crippen LogP contribution in [0.1, 0.15) is 20.3 Å². The zero-order valence-corrected chi connectivity index (χ0v) is 12.0. The highest BCUT2D eigenvalue weighted by Gasteiger charge is 2.73. The summed E-state index contributed by atoms with van der Waals surface area (Å²) in [5, 5.41) is 38.7. The van der Waals surface area contributed by atoms with Crippen LogP contribution in [0.15, 0.2) is 11.6 Å². The van der Waals surface area contributed by atoms with E-state index in [0.29, 0.717) is 5.57 Å². The Bertz CT molecular complexity index is 695. The van der Waals surface area contributed by atoms with Gasteiger partial charge in [-0.25, -0.2) is 0 Å². The minimum absolute atomic E-state index is 0.0549. The summed E-state index contributed by atoms with van der Waals surface area (Å²) in [6.45, 7) is 3.29. The number of fused-ring (bicyclic) bond motifs is 3. The van der Waals surface area contributed by atoms with Gasteiger partial charge in [0.2, 0.25) is 11.3 Å². The number of rotatable bonds is 0. The van der Waals surface area contributed by atoms with E-state index in [4.69, 9.17) is 0 Å². The normalized spacial score (nSPS) is 32.0. The van der Waals surface area contributed by atoms with Crippen molar-refractivity contribution < 1.29 is 4.79 Å². The maximum atomic E-state index is 12.3. The van der Waals surface area contributed by atoms with Crippen LogP contribution in [-0.2, 0) is 4.79 Å². The van der Waals surface area contributed by atoms with Crippen LogP contribution in [0.3, 0.4) is 0 Å². The first-order valence-electron chi connectivity index (χ1n) is 6.41. The van der Waals surface area contributed by atoms with Crippen molar-refractivity contribution in [3.63, 3.8) is 0 Å². The van der Waals surface area contributed by atoms with Crippen LogP contribution in [0, 0.1) is 62.1 Å². The predicted octanol–water partition coefficient (Wildman–Crippen LogP) is 1.25. The topological polar surface area (TPSA) is 115 Å². The van der Waals surface area contributed by atoms with E-state index in [1.165, 1.54) is 11.9 Å². The lowest BCUT2D eigenvalue weighted by atomic mass is 9.48. The molecule has 3 rings (SSSR count). The number of likely N-dealkylation sites (N-methyl/N-ethyl adjacent to an activating group) is 1. The third-order valence-electron chi connectivity index (χ3n) is 5.07. The van der Waals surface area contributed by atoms with Crippen molar-refractivity contribution in [3.05, 3.63) is 11.6 Å². The van der Waals surface area contributed by atoms with Crippen molar-refractivity contribution >= 4 is 5.91 Å². The maximum absolute atomic E-state index is 12.3. The lowest BCUT2D eigenvalue weighted by Crippen LogP contribution is -2.63. The molecule has 1 saturated heterocycles. The Morgan fingerprint density at radius 2 is 1.71 bits per heavy atom. The van der Waals surface area contributed by atoms with Gasteiger partial charge in [0.1, 0.15) is 0 Å². The lowest BCUT2D eigenvalue weighted by molar-refractivity contribution is -0.134. The number of nitriles is 4. The summed E-state index contributed by atoms with van der Waals surface area (Å²) in [5.41, 5.74) is -4.44. The highest BCUT2D eigenvalue weighted by atomic mass is 16.2. The van der Waals surface area contributed by atoms with Crippen LogP contribution in [-0.4, -0.2) is 23.4 Å². The Hall–Kier alpha value is -2.83. The number of nitrogens with zero attached hydrogens (tertiary/aromatic N) is 5. The van der Waals surface area contributed by atoms with Gasteiger partial charge in [0.25, 0.3) is 0 Å². The first-order chi connectivity index (χ1) is 9.80. The molecule has 0 radical (unpaired) electrons. The van der Waals surface area contributed by atoms with E-state index in [0.717, 1.165) is 0 Å². The summed E-state index contributed by atoms with van der Waals surface area (Å²) in [5.74, 6) is -1.03.